The zero-order chi connectivity index (χ0) is 13.9. The Hall–Kier alpha value is -1.59. The molecule has 1 atom stereocenters. The Balaban J connectivity index is 1.80. The minimum Gasteiger partial charge on any atom is -0.454 e. The lowest BCUT2D eigenvalue weighted by Gasteiger charge is -2.16. The van der Waals surface area contributed by atoms with Crippen molar-refractivity contribution < 1.29 is 22.6 Å². The van der Waals surface area contributed by atoms with Crippen molar-refractivity contribution in [1.29, 1.82) is 0 Å². The Morgan fingerprint density at radius 2 is 2.00 bits per heavy atom. The minimum absolute atomic E-state index is 0.0253. The predicted octanol–water partition coefficient (Wildman–Crippen LogP) is 3.95. The molecule has 1 unspecified atom stereocenters. The van der Waals surface area contributed by atoms with Gasteiger partial charge in [-0.25, -0.2) is 0 Å². The third kappa shape index (κ3) is 4.22. The number of halogens is 3. The van der Waals surface area contributed by atoms with Gasteiger partial charge in [0.05, 0.1) is 0 Å². The van der Waals surface area contributed by atoms with Crippen LogP contribution in [0, 0.1) is 0 Å². The van der Waals surface area contributed by atoms with Crippen LogP contribution >= 0.6 is 0 Å². The van der Waals surface area contributed by atoms with Crippen LogP contribution in [0.5, 0.6) is 11.5 Å². The third-order valence-electron chi connectivity index (χ3n) is 2.88. The van der Waals surface area contributed by atoms with Gasteiger partial charge in [-0.1, -0.05) is 0 Å². The molecule has 0 saturated heterocycles. The quantitative estimate of drug-likeness (QED) is 0.882. The average molecular weight is 275 g/mol. The largest absolute Gasteiger partial charge is 0.454 e. The molecule has 19 heavy (non-hydrogen) atoms. The van der Waals surface area contributed by atoms with Gasteiger partial charge in [-0.2, -0.15) is 13.2 Å². The Bertz CT molecular complexity index is 434. The summed E-state index contributed by atoms with van der Waals surface area (Å²) in [4.78, 5) is 0. The van der Waals surface area contributed by atoms with Crippen LogP contribution in [0.15, 0.2) is 18.2 Å². The standard InChI is InChI=1S/C13H16F3NO2/c1-9(3-2-6-13(14,15)16)17-10-4-5-11-12(7-10)19-8-18-11/h4-5,7,9,17H,2-3,6,8H2,1H3. The van der Waals surface area contributed by atoms with Gasteiger partial charge < -0.3 is 14.8 Å². The second-order valence-corrected chi connectivity index (χ2v) is 4.62. The van der Waals surface area contributed by atoms with Gasteiger partial charge in [0.2, 0.25) is 6.79 Å². The van der Waals surface area contributed by atoms with Gasteiger partial charge >= 0.3 is 6.18 Å². The normalized spacial score (nSPS) is 15.4. The molecule has 1 aliphatic heterocycles. The van der Waals surface area contributed by atoms with E-state index in [-0.39, 0.29) is 19.3 Å². The van der Waals surface area contributed by atoms with Gasteiger partial charge in [0.15, 0.2) is 11.5 Å². The number of hydrogen-bond acceptors (Lipinski definition) is 3. The number of nitrogens with one attached hydrogen (secondary N) is 1. The predicted molar refractivity (Wildman–Crippen MR) is 65.6 cm³/mol. The molecule has 1 aromatic rings. The van der Waals surface area contributed by atoms with E-state index in [1.807, 2.05) is 13.0 Å². The first-order chi connectivity index (χ1) is 8.94. The van der Waals surface area contributed by atoms with Crippen molar-refractivity contribution >= 4 is 5.69 Å². The smallest absolute Gasteiger partial charge is 0.389 e. The highest BCUT2D eigenvalue weighted by Crippen LogP contribution is 2.34. The van der Waals surface area contributed by atoms with Gasteiger partial charge in [0.1, 0.15) is 0 Å². The van der Waals surface area contributed by atoms with Crippen LogP contribution in [0.2, 0.25) is 0 Å². The zero-order valence-corrected chi connectivity index (χ0v) is 10.6. The molecule has 1 N–H and O–H groups in total. The van der Waals surface area contributed by atoms with E-state index in [0.717, 1.165) is 5.69 Å². The van der Waals surface area contributed by atoms with Gasteiger partial charge in [0, 0.05) is 24.2 Å². The third-order valence-corrected chi connectivity index (χ3v) is 2.88. The maximum Gasteiger partial charge on any atom is 0.389 e. The molecule has 2 rings (SSSR count). The van der Waals surface area contributed by atoms with E-state index in [0.29, 0.717) is 17.9 Å². The molecule has 1 aliphatic rings. The van der Waals surface area contributed by atoms with Gasteiger partial charge in [-0.05, 0) is 31.9 Å². The summed E-state index contributed by atoms with van der Waals surface area (Å²) in [6.45, 7) is 2.07. The first kappa shape index (κ1) is 13.8. The van der Waals surface area contributed by atoms with Crippen molar-refractivity contribution in [1.82, 2.24) is 0 Å². The molecule has 106 valence electrons. The number of anilines is 1. The van der Waals surface area contributed by atoms with E-state index in [2.05, 4.69) is 5.32 Å². The first-order valence-corrected chi connectivity index (χ1v) is 6.17. The van der Waals surface area contributed by atoms with Crippen LogP contribution in [0.3, 0.4) is 0 Å². The number of ether oxygens (including phenoxy) is 2. The summed E-state index contributed by atoms with van der Waals surface area (Å²) < 4.78 is 46.5. The fraction of sp³-hybridized carbons (Fsp3) is 0.538. The Morgan fingerprint density at radius 1 is 1.26 bits per heavy atom. The van der Waals surface area contributed by atoms with Crippen molar-refractivity contribution in [2.45, 2.75) is 38.4 Å². The highest BCUT2D eigenvalue weighted by Gasteiger charge is 2.26. The molecule has 0 aromatic heterocycles. The lowest BCUT2D eigenvalue weighted by atomic mass is 10.1. The number of fused-ring (bicyclic) bond motifs is 1. The molecule has 1 aromatic carbocycles. The summed E-state index contributed by atoms with van der Waals surface area (Å²) in [5.74, 6) is 1.35. The zero-order valence-electron chi connectivity index (χ0n) is 10.6. The van der Waals surface area contributed by atoms with Gasteiger partial charge in [-0.15, -0.1) is 0 Å². The SMILES string of the molecule is CC(CCCC(F)(F)F)Nc1ccc2c(c1)OCO2. The topological polar surface area (TPSA) is 30.5 Å². The van der Waals surface area contributed by atoms with Gasteiger partial charge in [0.25, 0.3) is 0 Å². The van der Waals surface area contributed by atoms with Crippen molar-refractivity contribution in [3.63, 3.8) is 0 Å². The number of benzene rings is 1. The number of alkyl halides is 3. The van der Waals surface area contributed by atoms with E-state index in [4.69, 9.17) is 9.47 Å². The Morgan fingerprint density at radius 3 is 2.74 bits per heavy atom. The van der Waals surface area contributed by atoms with Crippen LogP contribution < -0.4 is 14.8 Å². The maximum atomic E-state index is 12.0. The number of hydrogen-bond donors (Lipinski definition) is 1. The molecule has 0 aliphatic carbocycles. The molecule has 0 saturated carbocycles. The van der Waals surface area contributed by atoms with E-state index in [1.54, 1.807) is 12.1 Å². The maximum absolute atomic E-state index is 12.0. The lowest BCUT2D eigenvalue weighted by Crippen LogP contribution is -2.16. The Kier molecular flexibility index (Phi) is 4.07. The minimum atomic E-state index is -4.07. The van der Waals surface area contributed by atoms with Crippen molar-refractivity contribution in [3.05, 3.63) is 18.2 Å². The molecule has 0 spiro atoms. The molecule has 1 heterocycles. The fourth-order valence-corrected chi connectivity index (χ4v) is 1.95. The molecule has 0 bridgehead atoms. The highest BCUT2D eigenvalue weighted by molar-refractivity contribution is 5.55. The van der Waals surface area contributed by atoms with E-state index < -0.39 is 12.6 Å². The van der Waals surface area contributed by atoms with Crippen LogP contribution in [0.4, 0.5) is 18.9 Å². The molecule has 3 nitrogen and oxygen atoms in total. The summed E-state index contributed by atoms with van der Waals surface area (Å²) in [6, 6.07) is 5.38. The molecule has 0 radical (unpaired) electrons. The molecule has 0 fully saturated rings. The van der Waals surface area contributed by atoms with Crippen molar-refractivity contribution in [2.24, 2.45) is 0 Å². The lowest BCUT2D eigenvalue weighted by molar-refractivity contribution is -0.135. The monoisotopic (exact) mass is 275 g/mol. The summed E-state index contributed by atoms with van der Waals surface area (Å²) in [7, 11) is 0. The van der Waals surface area contributed by atoms with Crippen LogP contribution in [-0.2, 0) is 0 Å². The summed E-state index contributed by atoms with van der Waals surface area (Å²) >= 11 is 0. The van der Waals surface area contributed by atoms with Crippen molar-refractivity contribution in [3.8, 4) is 11.5 Å². The van der Waals surface area contributed by atoms with Crippen LogP contribution in [0.1, 0.15) is 26.2 Å². The molecular formula is C13H16F3NO2. The van der Waals surface area contributed by atoms with Gasteiger partial charge in [-0.3, -0.25) is 0 Å². The fourth-order valence-electron chi connectivity index (χ4n) is 1.95. The van der Waals surface area contributed by atoms with E-state index in [9.17, 15) is 13.2 Å². The Labute approximate surface area is 109 Å². The highest BCUT2D eigenvalue weighted by atomic mass is 19.4. The molecule has 0 amide bonds. The number of rotatable bonds is 5. The second kappa shape index (κ2) is 5.59. The summed E-state index contributed by atoms with van der Waals surface area (Å²) in [5.41, 5.74) is 0.823. The van der Waals surface area contributed by atoms with E-state index >= 15 is 0 Å². The molecular weight excluding hydrogens is 259 g/mol. The summed E-state index contributed by atoms with van der Waals surface area (Å²) in [6.07, 6.45) is -4.21. The van der Waals surface area contributed by atoms with E-state index in [1.165, 1.54) is 0 Å². The molecule has 6 heteroatoms. The van der Waals surface area contributed by atoms with Crippen molar-refractivity contribution in [2.75, 3.05) is 12.1 Å². The second-order valence-electron chi connectivity index (χ2n) is 4.62. The summed E-state index contributed by atoms with van der Waals surface area (Å²) in [5, 5.41) is 3.15. The average Bonchev–Trinajstić information content (AvgIpc) is 2.74. The first-order valence-electron chi connectivity index (χ1n) is 6.17. The van der Waals surface area contributed by atoms with Crippen LogP contribution in [-0.4, -0.2) is 19.0 Å². The van der Waals surface area contributed by atoms with Crippen LogP contribution in [0.25, 0.3) is 0 Å².